The number of hydrogen-bond acceptors (Lipinski definition) is 3. The fourth-order valence-corrected chi connectivity index (χ4v) is 1.74. The standard InChI is InChI=1S/C11H20N2O3/c1-3-11(2,10(15)16)13-9(14)8-5-4-6-12-7-8/h8,12H,3-7H2,1-2H3,(H,13,14)(H,15,16). The molecule has 0 radical (unpaired) electrons. The van der Waals surface area contributed by atoms with Crippen molar-refractivity contribution in [3.63, 3.8) is 0 Å². The van der Waals surface area contributed by atoms with Crippen LogP contribution in [0.1, 0.15) is 33.1 Å². The van der Waals surface area contributed by atoms with Gasteiger partial charge in [0.2, 0.25) is 5.91 Å². The second-order valence-electron chi connectivity index (χ2n) is 4.52. The molecule has 16 heavy (non-hydrogen) atoms. The average Bonchev–Trinajstić information content (AvgIpc) is 2.29. The second-order valence-corrected chi connectivity index (χ2v) is 4.52. The molecule has 1 heterocycles. The van der Waals surface area contributed by atoms with Crippen LogP contribution < -0.4 is 10.6 Å². The van der Waals surface area contributed by atoms with E-state index in [4.69, 9.17) is 5.11 Å². The molecule has 2 unspecified atom stereocenters. The molecule has 0 aromatic heterocycles. The molecular weight excluding hydrogens is 208 g/mol. The SMILES string of the molecule is CCC(C)(NC(=O)C1CCCNC1)C(=O)O. The normalized spacial score (nSPS) is 24.5. The van der Waals surface area contributed by atoms with Crippen molar-refractivity contribution in [2.75, 3.05) is 13.1 Å². The van der Waals surface area contributed by atoms with Gasteiger partial charge in [-0.25, -0.2) is 4.79 Å². The highest BCUT2D eigenvalue weighted by molar-refractivity contribution is 5.87. The molecule has 0 bridgehead atoms. The summed E-state index contributed by atoms with van der Waals surface area (Å²) in [6.07, 6.45) is 2.18. The minimum Gasteiger partial charge on any atom is -0.480 e. The third kappa shape index (κ3) is 2.95. The molecule has 3 N–H and O–H groups in total. The third-order valence-corrected chi connectivity index (χ3v) is 3.25. The van der Waals surface area contributed by atoms with E-state index in [-0.39, 0.29) is 11.8 Å². The number of amides is 1. The van der Waals surface area contributed by atoms with E-state index in [2.05, 4.69) is 10.6 Å². The molecule has 0 spiro atoms. The largest absolute Gasteiger partial charge is 0.480 e. The topological polar surface area (TPSA) is 78.4 Å². The molecule has 0 aromatic rings. The predicted octanol–water partition coefficient (Wildman–Crippen LogP) is 0.356. The van der Waals surface area contributed by atoms with Crippen molar-refractivity contribution < 1.29 is 14.7 Å². The Balaban J connectivity index is 2.57. The Hall–Kier alpha value is -1.10. The van der Waals surface area contributed by atoms with Gasteiger partial charge < -0.3 is 15.7 Å². The van der Waals surface area contributed by atoms with E-state index < -0.39 is 11.5 Å². The van der Waals surface area contributed by atoms with Crippen molar-refractivity contribution in [2.45, 2.75) is 38.6 Å². The summed E-state index contributed by atoms with van der Waals surface area (Å²) in [5.74, 6) is -1.23. The summed E-state index contributed by atoms with van der Waals surface area (Å²) < 4.78 is 0. The van der Waals surface area contributed by atoms with E-state index in [0.29, 0.717) is 13.0 Å². The number of hydrogen-bond donors (Lipinski definition) is 3. The maximum absolute atomic E-state index is 11.9. The summed E-state index contributed by atoms with van der Waals surface area (Å²) >= 11 is 0. The van der Waals surface area contributed by atoms with E-state index in [0.717, 1.165) is 19.4 Å². The lowest BCUT2D eigenvalue weighted by Gasteiger charge is -2.29. The molecule has 0 aliphatic carbocycles. The van der Waals surface area contributed by atoms with E-state index >= 15 is 0 Å². The molecule has 2 atom stereocenters. The number of carbonyl (C=O) groups is 2. The van der Waals surface area contributed by atoms with E-state index in [1.807, 2.05) is 0 Å². The molecular formula is C11H20N2O3. The number of aliphatic carboxylic acids is 1. The summed E-state index contributed by atoms with van der Waals surface area (Å²) in [5.41, 5.74) is -1.14. The Labute approximate surface area is 95.6 Å². The summed E-state index contributed by atoms with van der Waals surface area (Å²) in [5, 5.41) is 14.8. The van der Waals surface area contributed by atoms with Crippen LogP contribution in [0.3, 0.4) is 0 Å². The average molecular weight is 228 g/mol. The maximum atomic E-state index is 11.9. The highest BCUT2D eigenvalue weighted by Crippen LogP contribution is 2.14. The molecule has 1 rings (SSSR count). The van der Waals surface area contributed by atoms with Gasteiger partial charge >= 0.3 is 5.97 Å². The van der Waals surface area contributed by atoms with Crippen molar-refractivity contribution in [3.05, 3.63) is 0 Å². The Morgan fingerprint density at radius 1 is 1.56 bits per heavy atom. The number of carbonyl (C=O) groups excluding carboxylic acids is 1. The van der Waals surface area contributed by atoms with Crippen LogP contribution >= 0.6 is 0 Å². The zero-order valence-corrected chi connectivity index (χ0v) is 9.88. The molecule has 92 valence electrons. The van der Waals surface area contributed by atoms with Crippen LogP contribution in [0.5, 0.6) is 0 Å². The summed E-state index contributed by atoms with van der Waals surface area (Å²) in [6.45, 7) is 4.88. The molecule has 0 aromatic carbocycles. The predicted molar refractivity (Wildman–Crippen MR) is 60.1 cm³/mol. The first-order chi connectivity index (χ1) is 7.49. The molecule has 5 nitrogen and oxygen atoms in total. The van der Waals surface area contributed by atoms with Gasteiger partial charge in [0.15, 0.2) is 0 Å². The number of carboxylic acids is 1. The van der Waals surface area contributed by atoms with Crippen molar-refractivity contribution in [3.8, 4) is 0 Å². The first kappa shape index (κ1) is 13.0. The van der Waals surface area contributed by atoms with Crippen molar-refractivity contribution in [1.29, 1.82) is 0 Å². The molecule has 1 aliphatic heterocycles. The van der Waals surface area contributed by atoms with Gasteiger partial charge in [-0.3, -0.25) is 4.79 Å². The fraction of sp³-hybridized carbons (Fsp3) is 0.818. The van der Waals surface area contributed by atoms with E-state index in [9.17, 15) is 9.59 Å². The van der Waals surface area contributed by atoms with Gasteiger partial charge in [0.25, 0.3) is 0 Å². The lowest BCUT2D eigenvalue weighted by atomic mass is 9.94. The molecule has 1 amide bonds. The van der Waals surface area contributed by atoms with Crippen LogP contribution in [0.25, 0.3) is 0 Å². The smallest absolute Gasteiger partial charge is 0.329 e. The zero-order valence-electron chi connectivity index (χ0n) is 9.88. The zero-order chi connectivity index (χ0) is 12.2. The first-order valence-corrected chi connectivity index (χ1v) is 5.75. The van der Waals surface area contributed by atoms with Gasteiger partial charge in [0.1, 0.15) is 5.54 Å². The molecule has 0 saturated carbocycles. The molecule has 1 saturated heterocycles. The van der Waals surface area contributed by atoms with Crippen LogP contribution in [0.2, 0.25) is 0 Å². The van der Waals surface area contributed by atoms with Crippen molar-refractivity contribution >= 4 is 11.9 Å². The van der Waals surface area contributed by atoms with Crippen LogP contribution in [0.15, 0.2) is 0 Å². The monoisotopic (exact) mass is 228 g/mol. The van der Waals surface area contributed by atoms with Gasteiger partial charge in [-0.1, -0.05) is 6.92 Å². The van der Waals surface area contributed by atoms with Crippen LogP contribution in [-0.4, -0.2) is 35.6 Å². The maximum Gasteiger partial charge on any atom is 0.329 e. The Kier molecular flexibility index (Phi) is 4.29. The summed E-state index contributed by atoms with van der Waals surface area (Å²) in [4.78, 5) is 22.9. The van der Waals surface area contributed by atoms with Gasteiger partial charge in [-0.15, -0.1) is 0 Å². The highest BCUT2D eigenvalue weighted by Gasteiger charge is 2.35. The van der Waals surface area contributed by atoms with Crippen LogP contribution in [0, 0.1) is 5.92 Å². The summed E-state index contributed by atoms with van der Waals surface area (Å²) in [7, 11) is 0. The fourth-order valence-electron chi connectivity index (χ4n) is 1.74. The van der Waals surface area contributed by atoms with E-state index in [1.54, 1.807) is 13.8 Å². The van der Waals surface area contributed by atoms with Crippen LogP contribution in [0.4, 0.5) is 0 Å². The first-order valence-electron chi connectivity index (χ1n) is 5.75. The molecule has 1 fully saturated rings. The van der Waals surface area contributed by atoms with Crippen molar-refractivity contribution in [2.24, 2.45) is 5.92 Å². The highest BCUT2D eigenvalue weighted by atomic mass is 16.4. The Morgan fingerprint density at radius 2 is 2.25 bits per heavy atom. The Morgan fingerprint density at radius 3 is 2.69 bits per heavy atom. The van der Waals surface area contributed by atoms with E-state index in [1.165, 1.54) is 0 Å². The molecule has 1 aliphatic rings. The van der Waals surface area contributed by atoms with Crippen LogP contribution in [-0.2, 0) is 9.59 Å². The molecule has 5 heteroatoms. The minimum atomic E-state index is -1.14. The lowest BCUT2D eigenvalue weighted by Crippen LogP contribution is -2.54. The number of piperidine rings is 1. The Bertz CT molecular complexity index is 274. The van der Waals surface area contributed by atoms with Gasteiger partial charge in [-0.2, -0.15) is 0 Å². The number of carboxylic acid groups (broad SMARTS) is 1. The lowest BCUT2D eigenvalue weighted by molar-refractivity contribution is -0.147. The van der Waals surface area contributed by atoms with Gasteiger partial charge in [-0.05, 0) is 32.7 Å². The van der Waals surface area contributed by atoms with Crippen molar-refractivity contribution in [1.82, 2.24) is 10.6 Å². The number of rotatable bonds is 4. The van der Waals surface area contributed by atoms with Gasteiger partial charge in [0, 0.05) is 6.54 Å². The quantitative estimate of drug-likeness (QED) is 0.649. The minimum absolute atomic E-state index is 0.0982. The summed E-state index contributed by atoms with van der Waals surface area (Å²) in [6, 6.07) is 0. The third-order valence-electron chi connectivity index (χ3n) is 3.25. The number of nitrogens with one attached hydrogen (secondary N) is 2. The second kappa shape index (κ2) is 5.30. The van der Waals surface area contributed by atoms with Gasteiger partial charge in [0.05, 0.1) is 5.92 Å².